The molecule has 2 rings (SSSR count). The van der Waals surface area contributed by atoms with E-state index in [0.29, 0.717) is 0 Å². The van der Waals surface area contributed by atoms with Crippen molar-refractivity contribution in [3.63, 3.8) is 0 Å². The number of hydrogen-bond donors (Lipinski definition) is 1. The van der Waals surface area contributed by atoms with Gasteiger partial charge in [-0.15, -0.1) is 0 Å². The maximum atomic E-state index is 4.50. The number of anilines is 1. The van der Waals surface area contributed by atoms with Crippen LogP contribution in [0.25, 0.3) is 0 Å². The Labute approximate surface area is 123 Å². The molecule has 1 fully saturated rings. The van der Waals surface area contributed by atoms with Crippen molar-refractivity contribution in [2.75, 3.05) is 25.5 Å². The molecule has 3 heteroatoms. The molecular weight excluding hydrogens is 246 g/mol. The van der Waals surface area contributed by atoms with Gasteiger partial charge in [0.1, 0.15) is 0 Å². The Morgan fingerprint density at radius 2 is 2.10 bits per heavy atom. The van der Waals surface area contributed by atoms with Crippen LogP contribution in [0.15, 0.2) is 18.3 Å². The summed E-state index contributed by atoms with van der Waals surface area (Å²) < 4.78 is 0. The molecule has 0 aromatic carbocycles. The molecule has 1 saturated carbocycles. The molecule has 0 unspecified atom stereocenters. The minimum atomic E-state index is 0.898. The Balaban J connectivity index is 1.81. The van der Waals surface area contributed by atoms with Gasteiger partial charge >= 0.3 is 0 Å². The molecule has 20 heavy (non-hydrogen) atoms. The third-order valence-electron chi connectivity index (χ3n) is 4.12. The van der Waals surface area contributed by atoms with Gasteiger partial charge in [-0.05, 0) is 44.4 Å². The molecule has 1 heterocycles. The Hall–Kier alpha value is -1.09. The molecule has 1 aliphatic rings. The Morgan fingerprint density at radius 1 is 1.30 bits per heavy atom. The van der Waals surface area contributed by atoms with E-state index < -0.39 is 0 Å². The number of pyridine rings is 1. The van der Waals surface area contributed by atoms with Gasteiger partial charge in [-0.1, -0.05) is 26.2 Å². The van der Waals surface area contributed by atoms with Crippen LogP contribution in [-0.4, -0.2) is 30.0 Å². The Bertz CT molecular complexity index is 386. The van der Waals surface area contributed by atoms with Gasteiger partial charge in [-0.3, -0.25) is 4.98 Å². The molecule has 1 aromatic heterocycles. The monoisotopic (exact) mass is 275 g/mol. The number of aromatic nitrogens is 1. The van der Waals surface area contributed by atoms with Crippen LogP contribution in [0, 0.1) is 5.92 Å². The number of nitrogens with zero attached hydrogens (tertiary/aromatic N) is 2. The molecule has 0 radical (unpaired) electrons. The SMILES string of the molecule is CCCNc1ccnc(CN(C)CC2CCCCC2)c1. The first-order valence-corrected chi connectivity index (χ1v) is 8.15. The largest absolute Gasteiger partial charge is 0.385 e. The third kappa shape index (κ3) is 5.12. The van der Waals surface area contributed by atoms with E-state index in [1.54, 1.807) is 0 Å². The van der Waals surface area contributed by atoms with Gasteiger partial charge in [0.2, 0.25) is 0 Å². The molecule has 1 aliphatic carbocycles. The standard InChI is InChI=1S/C17H29N3/c1-3-10-18-16-9-11-19-17(12-16)14-20(2)13-15-7-5-4-6-8-15/h9,11-12,15H,3-8,10,13-14H2,1-2H3,(H,18,19). The summed E-state index contributed by atoms with van der Waals surface area (Å²) in [5.74, 6) is 0.898. The minimum Gasteiger partial charge on any atom is -0.385 e. The lowest BCUT2D eigenvalue weighted by molar-refractivity contribution is 0.226. The van der Waals surface area contributed by atoms with Crippen molar-refractivity contribution < 1.29 is 0 Å². The van der Waals surface area contributed by atoms with E-state index in [0.717, 1.165) is 25.4 Å². The smallest absolute Gasteiger partial charge is 0.0564 e. The van der Waals surface area contributed by atoms with Crippen LogP contribution in [-0.2, 0) is 6.54 Å². The third-order valence-corrected chi connectivity index (χ3v) is 4.12. The van der Waals surface area contributed by atoms with Crippen molar-refractivity contribution in [3.05, 3.63) is 24.0 Å². The highest BCUT2D eigenvalue weighted by Gasteiger charge is 2.15. The molecule has 0 spiro atoms. The summed E-state index contributed by atoms with van der Waals surface area (Å²) in [6.07, 6.45) is 10.2. The topological polar surface area (TPSA) is 28.2 Å². The van der Waals surface area contributed by atoms with E-state index in [9.17, 15) is 0 Å². The summed E-state index contributed by atoms with van der Waals surface area (Å²) in [6.45, 7) is 5.39. The van der Waals surface area contributed by atoms with Gasteiger partial charge < -0.3 is 10.2 Å². The summed E-state index contributed by atoms with van der Waals surface area (Å²) in [4.78, 5) is 6.93. The van der Waals surface area contributed by atoms with Crippen LogP contribution < -0.4 is 5.32 Å². The highest BCUT2D eigenvalue weighted by atomic mass is 15.1. The molecular formula is C17H29N3. The van der Waals surface area contributed by atoms with Crippen LogP contribution in [0.2, 0.25) is 0 Å². The van der Waals surface area contributed by atoms with E-state index in [4.69, 9.17) is 0 Å². The highest BCUT2D eigenvalue weighted by molar-refractivity contribution is 5.43. The first kappa shape index (κ1) is 15.3. The lowest BCUT2D eigenvalue weighted by atomic mass is 9.89. The molecule has 0 saturated heterocycles. The number of rotatable bonds is 7. The predicted molar refractivity (Wildman–Crippen MR) is 85.9 cm³/mol. The van der Waals surface area contributed by atoms with Crippen LogP contribution in [0.3, 0.4) is 0 Å². The summed E-state index contributed by atoms with van der Waals surface area (Å²) in [6, 6.07) is 4.24. The molecule has 1 aromatic rings. The summed E-state index contributed by atoms with van der Waals surface area (Å²) in [5, 5.41) is 3.43. The number of hydrogen-bond acceptors (Lipinski definition) is 3. The second-order valence-electron chi connectivity index (χ2n) is 6.16. The van der Waals surface area contributed by atoms with Crippen LogP contribution in [0.5, 0.6) is 0 Å². The zero-order chi connectivity index (χ0) is 14.2. The predicted octanol–water partition coefficient (Wildman–Crippen LogP) is 3.92. The van der Waals surface area contributed by atoms with Crippen molar-refractivity contribution in [2.45, 2.75) is 52.0 Å². The van der Waals surface area contributed by atoms with E-state index in [-0.39, 0.29) is 0 Å². The molecule has 0 amide bonds. The minimum absolute atomic E-state index is 0.898. The van der Waals surface area contributed by atoms with Gasteiger partial charge in [-0.25, -0.2) is 0 Å². The lowest BCUT2D eigenvalue weighted by Crippen LogP contribution is -2.27. The average Bonchev–Trinajstić information content (AvgIpc) is 2.46. The van der Waals surface area contributed by atoms with Crippen LogP contribution in [0.1, 0.15) is 51.1 Å². The summed E-state index contributed by atoms with van der Waals surface area (Å²) in [5.41, 5.74) is 2.37. The fourth-order valence-electron chi connectivity index (χ4n) is 3.10. The van der Waals surface area contributed by atoms with Crippen LogP contribution >= 0.6 is 0 Å². The molecule has 0 atom stereocenters. The molecule has 0 bridgehead atoms. The zero-order valence-electron chi connectivity index (χ0n) is 13.1. The molecule has 1 N–H and O–H groups in total. The Morgan fingerprint density at radius 3 is 2.85 bits per heavy atom. The first-order valence-electron chi connectivity index (χ1n) is 8.15. The average molecular weight is 275 g/mol. The highest BCUT2D eigenvalue weighted by Crippen LogP contribution is 2.24. The second kappa shape index (κ2) is 8.25. The van der Waals surface area contributed by atoms with Gasteiger partial charge in [-0.2, -0.15) is 0 Å². The van der Waals surface area contributed by atoms with Crippen molar-refractivity contribution in [3.8, 4) is 0 Å². The van der Waals surface area contributed by atoms with Gasteiger partial charge in [0.25, 0.3) is 0 Å². The van der Waals surface area contributed by atoms with Crippen LogP contribution in [0.4, 0.5) is 5.69 Å². The maximum absolute atomic E-state index is 4.50. The van der Waals surface area contributed by atoms with Crippen molar-refractivity contribution in [2.24, 2.45) is 5.92 Å². The fourth-order valence-corrected chi connectivity index (χ4v) is 3.10. The lowest BCUT2D eigenvalue weighted by Gasteiger charge is -2.26. The number of nitrogens with one attached hydrogen (secondary N) is 1. The van der Waals surface area contributed by atoms with Gasteiger partial charge in [0, 0.05) is 31.5 Å². The fraction of sp³-hybridized carbons (Fsp3) is 0.706. The summed E-state index contributed by atoms with van der Waals surface area (Å²) in [7, 11) is 2.22. The Kier molecular flexibility index (Phi) is 6.31. The quantitative estimate of drug-likeness (QED) is 0.817. The van der Waals surface area contributed by atoms with E-state index in [2.05, 4.69) is 41.3 Å². The molecule has 0 aliphatic heterocycles. The van der Waals surface area contributed by atoms with Crippen molar-refractivity contribution in [1.29, 1.82) is 0 Å². The zero-order valence-corrected chi connectivity index (χ0v) is 13.1. The maximum Gasteiger partial charge on any atom is 0.0564 e. The second-order valence-corrected chi connectivity index (χ2v) is 6.16. The van der Waals surface area contributed by atoms with E-state index in [1.807, 2.05) is 6.20 Å². The molecule has 112 valence electrons. The van der Waals surface area contributed by atoms with Crippen molar-refractivity contribution in [1.82, 2.24) is 9.88 Å². The van der Waals surface area contributed by atoms with E-state index >= 15 is 0 Å². The first-order chi connectivity index (χ1) is 9.78. The normalized spacial score (nSPS) is 16.6. The van der Waals surface area contributed by atoms with Crippen molar-refractivity contribution >= 4 is 5.69 Å². The summed E-state index contributed by atoms with van der Waals surface area (Å²) >= 11 is 0. The van der Waals surface area contributed by atoms with Gasteiger partial charge in [0.15, 0.2) is 0 Å². The van der Waals surface area contributed by atoms with Gasteiger partial charge in [0.05, 0.1) is 5.69 Å². The molecule has 3 nitrogen and oxygen atoms in total. The van der Waals surface area contributed by atoms with E-state index in [1.165, 1.54) is 50.0 Å².